The zero-order valence-electron chi connectivity index (χ0n) is 21.5. The van der Waals surface area contributed by atoms with Gasteiger partial charge in [-0.15, -0.1) is 0 Å². The molecule has 40 heavy (non-hydrogen) atoms. The maximum Gasteiger partial charge on any atom is 0.302 e. The number of pyridine rings is 1. The Bertz CT molecular complexity index is 1540. The normalized spacial score (nSPS) is 10.3. The van der Waals surface area contributed by atoms with Gasteiger partial charge in [-0.2, -0.15) is 0 Å². The predicted molar refractivity (Wildman–Crippen MR) is 158 cm³/mol. The molecule has 0 aliphatic heterocycles. The van der Waals surface area contributed by atoms with Crippen molar-refractivity contribution in [2.24, 2.45) is 0 Å². The number of hydrogen-bond acceptors (Lipinski definition) is 6. The van der Waals surface area contributed by atoms with Gasteiger partial charge in [0, 0.05) is 11.1 Å². The van der Waals surface area contributed by atoms with Crippen LogP contribution in [0.3, 0.4) is 0 Å². The molecule has 8 nitrogen and oxygen atoms in total. The molecule has 0 fully saturated rings. The summed E-state index contributed by atoms with van der Waals surface area (Å²) in [5.41, 5.74) is -0.534. The van der Waals surface area contributed by atoms with Gasteiger partial charge in [-0.25, -0.2) is 4.98 Å². The first-order valence-electron chi connectivity index (χ1n) is 12.2. The predicted octanol–water partition coefficient (Wildman–Crippen LogP) is 6.21. The van der Waals surface area contributed by atoms with Crippen LogP contribution in [-0.4, -0.2) is 20.6 Å². The molecule has 0 aliphatic rings. The second kappa shape index (κ2) is 13.1. The maximum atomic E-state index is 11.6. The Kier molecular flexibility index (Phi) is 9.18. The highest BCUT2D eigenvalue weighted by Crippen LogP contribution is 2.33. The lowest BCUT2D eigenvalue weighted by atomic mass is 10.00. The molecule has 0 spiro atoms. The Hall–Kier alpha value is -5.07. The van der Waals surface area contributed by atoms with Gasteiger partial charge in [-0.3, -0.25) is 25.0 Å². The minimum Gasteiger partial charge on any atom is -0.294 e. The second-order valence-electron chi connectivity index (χ2n) is 8.52. The van der Waals surface area contributed by atoms with E-state index >= 15 is 0 Å². The summed E-state index contributed by atoms with van der Waals surface area (Å²) >= 11 is 0. The number of carbonyl (C=O) groups is 1. The Balaban J connectivity index is 0.000000186. The lowest BCUT2D eigenvalue weighted by Crippen LogP contribution is -2.20. The molecule has 1 aromatic heterocycles. The minimum atomic E-state index is -0.763. The van der Waals surface area contributed by atoms with Gasteiger partial charge in [0.15, 0.2) is 5.78 Å². The quantitative estimate of drug-likeness (QED) is 0.103. The van der Waals surface area contributed by atoms with Gasteiger partial charge >= 0.3 is 5.69 Å². The van der Waals surface area contributed by atoms with E-state index in [-0.39, 0.29) is 22.6 Å². The Labute approximate surface area is 232 Å². The van der Waals surface area contributed by atoms with Crippen LogP contribution in [0.15, 0.2) is 128 Å². The largest absolute Gasteiger partial charge is 0.302 e. The second-order valence-corrected chi connectivity index (χ2v) is 10.7. The van der Waals surface area contributed by atoms with E-state index in [9.17, 15) is 25.0 Å². The van der Waals surface area contributed by atoms with Crippen molar-refractivity contribution in [2.45, 2.75) is 6.92 Å². The average molecular weight is 550 g/mol. The van der Waals surface area contributed by atoms with Gasteiger partial charge in [0.2, 0.25) is 0 Å². The molecule has 0 bridgehead atoms. The molecule has 0 unspecified atom stereocenters. The number of nitrogens with zero attached hydrogens (tertiary/aromatic N) is 3. The molecule has 0 amide bonds. The number of ketones is 1. The van der Waals surface area contributed by atoms with E-state index in [1.54, 1.807) is 12.1 Å². The highest BCUT2D eigenvalue weighted by atomic mass is 31.1. The molecule has 1 heterocycles. The molecule has 0 saturated carbocycles. The Morgan fingerprint density at radius 3 is 1.55 bits per heavy atom. The number of benzene rings is 4. The molecule has 198 valence electrons. The van der Waals surface area contributed by atoms with E-state index in [0.29, 0.717) is 0 Å². The minimum absolute atomic E-state index is 0.0728. The van der Waals surface area contributed by atoms with Gasteiger partial charge in [0.05, 0.1) is 15.9 Å². The maximum absolute atomic E-state index is 11.6. The molecule has 5 aromatic rings. The molecular weight excluding hydrogens is 525 g/mol. The lowest BCUT2D eigenvalue weighted by Gasteiger charge is -2.18. The first-order chi connectivity index (χ1) is 19.4. The average Bonchev–Trinajstić information content (AvgIpc) is 2.99. The van der Waals surface area contributed by atoms with Crippen molar-refractivity contribution in [3.05, 3.63) is 153 Å². The first-order valence-corrected chi connectivity index (χ1v) is 13.6. The molecule has 5 rings (SSSR count). The van der Waals surface area contributed by atoms with Crippen LogP contribution in [0.4, 0.5) is 11.4 Å². The van der Waals surface area contributed by atoms with E-state index in [1.165, 1.54) is 35.0 Å². The summed E-state index contributed by atoms with van der Waals surface area (Å²) in [4.78, 5) is 35.7. The highest BCUT2D eigenvalue weighted by Gasteiger charge is 2.24. The fourth-order valence-corrected chi connectivity index (χ4v) is 6.37. The smallest absolute Gasteiger partial charge is 0.294 e. The zero-order chi connectivity index (χ0) is 28.5. The van der Waals surface area contributed by atoms with Crippen molar-refractivity contribution < 1.29 is 14.6 Å². The summed E-state index contributed by atoms with van der Waals surface area (Å²) in [6.45, 7) is 1.33. The number of Topliss-reactive ketones (excluding diaryl/α,β-unsaturated/α-hetero) is 1. The summed E-state index contributed by atoms with van der Waals surface area (Å²) in [5.74, 6) is -0.278. The molecule has 4 aromatic carbocycles. The molecule has 0 atom stereocenters. The van der Waals surface area contributed by atoms with E-state index in [4.69, 9.17) is 0 Å². The number of hydrogen-bond donors (Lipinski definition) is 0. The molecule has 0 N–H and O–H groups in total. The summed E-state index contributed by atoms with van der Waals surface area (Å²) in [6.07, 6.45) is 0.930. The molecular formula is C31H24N3O5P. The zero-order valence-corrected chi connectivity index (χ0v) is 22.3. The van der Waals surface area contributed by atoms with Crippen LogP contribution in [0.1, 0.15) is 17.3 Å². The van der Waals surface area contributed by atoms with Crippen molar-refractivity contribution in [2.75, 3.05) is 0 Å². The van der Waals surface area contributed by atoms with Gasteiger partial charge in [0.1, 0.15) is 11.9 Å². The van der Waals surface area contributed by atoms with Crippen molar-refractivity contribution in [1.82, 2.24) is 4.98 Å². The van der Waals surface area contributed by atoms with E-state index in [2.05, 4.69) is 96.0 Å². The third-order valence-corrected chi connectivity index (χ3v) is 8.31. The van der Waals surface area contributed by atoms with E-state index in [0.717, 1.165) is 12.3 Å². The van der Waals surface area contributed by atoms with Gasteiger partial charge in [-0.05, 0) is 30.8 Å². The summed E-state index contributed by atoms with van der Waals surface area (Å²) in [6, 6.07) is 39.4. The van der Waals surface area contributed by atoms with Crippen LogP contribution in [0.5, 0.6) is 0 Å². The summed E-state index contributed by atoms with van der Waals surface area (Å²) < 4.78 is 0. The fraction of sp³-hybridized carbons (Fsp3) is 0.0323. The van der Waals surface area contributed by atoms with Gasteiger partial charge < -0.3 is 0 Å². The van der Waals surface area contributed by atoms with Crippen LogP contribution >= 0.6 is 7.92 Å². The summed E-state index contributed by atoms with van der Waals surface area (Å²) in [5, 5.41) is 26.0. The number of rotatable bonds is 7. The van der Waals surface area contributed by atoms with Crippen molar-refractivity contribution >= 4 is 41.0 Å². The van der Waals surface area contributed by atoms with Crippen LogP contribution in [0.2, 0.25) is 0 Å². The van der Waals surface area contributed by atoms with Crippen LogP contribution in [0, 0.1) is 20.2 Å². The monoisotopic (exact) mass is 549 g/mol. The number of carbonyl (C=O) groups excluding carboxylic acids is 1. The third kappa shape index (κ3) is 6.67. The summed E-state index contributed by atoms with van der Waals surface area (Å²) in [7, 11) is -0.446. The SMILES string of the molecule is CC(=O)c1ccccc1-c1ncc([N+](=O)[O-])cc1[N+](=O)[O-].c1ccc(P(c2ccccc2)c2ccccc2)cc1. The molecule has 0 aliphatic carbocycles. The number of nitro groups is 2. The van der Waals surface area contributed by atoms with Crippen molar-refractivity contribution in [3.8, 4) is 11.3 Å². The molecule has 9 heteroatoms. The first kappa shape index (κ1) is 28.0. The Morgan fingerprint density at radius 2 is 1.12 bits per heavy atom. The van der Waals surface area contributed by atoms with Gasteiger partial charge in [-0.1, -0.05) is 115 Å². The Morgan fingerprint density at radius 1 is 0.675 bits per heavy atom. The highest BCUT2D eigenvalue weighted by molar-refractivity contribution is 7.79. The van der Waals surface area contributed by atoms with Crippen LogP contribution < -0.4 is 15.9 Å². The van der Waals surface area contributed by atoms with Crippen molar-refractivity contribution in [1.29, 1.82) is 0 Å². The standard InChI is InChI=1S/C18H15P.C13H9N3O5/c1-4-10-16(11-5-1)19(17-12-6-2-7-13-17)18-14-8-3-9-15-18;1-8(17)10-4-2-3-5-11(10)13-12(16(20)21)6-9(7-14-13)15(18)19/h1-15H;2-7H,1H3. The molecule has 0 radical (unpaired) electrons. The third-order valence-electron chi connectivity index (χ3n) is 5.87. The number of aromatic nitrogens is 1. The topological polar surface area (TPSA) is 116 Å². The fourth-order valence-electron chi connectivity index (χ4n) is 4.06. The van der Waals surface area contributed by atoms with Crippen molar-refractivity contribution in [3.63, 3.8) is 0 Å². The van der Waals surface area contributed by atoms with E-state index < -0.39 is 29.1 Å². The van der Waals surface area contributed by atoms with E-state index in [1.807, 2.05) is 0 Å². The van der Waals surface area contributed by atoms with Gasteiger partial charge in [0.25, 0.3) is 5.69 Å². The van der Waals surface area contributed by atoms with Crippen LogP contribution in [0.25, 0.3) is 11.3 Å². The lowest BCUT2D eigenvalue weighted by molar-refractivity contribution is -0.394. The van der Waals surface area contributed by atoms with Crippen LogP contribution in [-0.2, 0) is 0 Å². The molecule has 0 saturated heterocycles.